The maximum absolute atomic E-state index is 11.7. The number of hydrogen-bond donors (Lipinski definition) is 0. The summed E-state index contributed by atoms with van der Waals surface area (Å²) in [5.74, 6) is 0. The van der Waals surface area contributed by atoms with Gasteiger partial charge >= 0.3 is 6.09 Å². The summed E-state index contributed by atoms with van der Waals surface area (Å²) in [5, 5.41) is 0. The molecule has 1 fully saturated rings. The number of amides is 1. The lowest BCUT2D eigenvalue weighted by Crippen LogP contribution is -2.34. The van der Waals surface area contributed by atoms with Gasteiger partial charge in [-0.05, 0) is 41.0 Å². The van der Waals surface area contributed by atoms with Gasteiger partial charge in [0.1, 0.15) is 5.60 Å². The second-order valence-corrected chi connectivity index (χ2v) is 5.26. The Kier molecular flexibility index (Phi) is 3.42. The maximum Gasteiger partial charge on any atom is 0.410 e. The van der Waals surface area contributed by atoms with Crippen LogP contribution in [0.1, 0.15) is 41.0 Å². The largest absolute Gasteiger partial charge is 0.444 e. The van der Waals surface area contributed by atoms with Gasteiger partial charge in [-0.15, -0.1) is 0 Å². The first-order valence-corrected chi connectivity index (χ1v) is 5.43. The van der Waals surface area contributed by atoms with E-state index < -0.39 is 5.60 Å². The van der Waals surface area contributed by atoms with Crippen LogP contribution in [-0.2, 0) is 4.74 Å². The molecule has 0 spiro atoms. The average Bonchev–Trinajstić information content (AvgIpc) is 2.47. The predicted octanol–water partition coefficient (Wildman–Crippen LogP) is 2.96. The van der Waals surface area contributed by atoms with E-state index in [4.69, 9.17) is 4.74 Å². The smallest absolute Gasteiger partial charge is 0.410 e. The highest BCUT2D eigenvalue weighted by Crippen LogP contribution is 2.20. The number of likely N-dealkylation sites (tertiary alicyclic amines) is 1. The van der Waals surface area contributed by atoms with Gasteiger partial charge in [-0.3, -0.25) is 0 Å². The zero-order valence-corrected chi connectivity index (χ0v) is 10.4. The van der Waals surface area contributed by atoms with Crippen molar-refractivity contribution in [1.29, 1.82) is 0 Å². The van der Waals surface area contributed by atoms with Crippen LogP contribution in [0.3, 0.4) is 0 Å². The fourth-order valence-corrected chi connectivity index (χ4v) is 1.55. The van der Waals surface area contributed by atoms with Crippen LogP contribution in [0.25, 0.3) is 0 Å². The third-order valence-electron chi connectivity index (χ3n) is 2.42. The number of ether oxygens (including phenoxy) is 1. The molecule has 1 saturated heterocycles. The summed E-state index contributed by atoms with van der Waals surface area (Å²) in [6.07, 6.45) is 0.792. The summed E-state index contributed by atoms with van der Waals surface area (Å²) in [6.45, 7) is 11.4. The summed E-state index contributed by atoms with van der Waals surface area (Å²) >= 11 is 0. The average molecular weight is 211 g/mol. The minimum absolute atomic E-state index is 0.196. The molecule has 0 saturated carbocycles. The molecule has 0 N–H and O–H groups in total. The Hall–Kier alpha value is -0.990. The molecule has 86 valence electrons. The molecule has 0 radical (unpaired) electrons. The summed E-state index contributed by atoms with van der Waals surface area (Å²) in [5.41, 5.74) is 2.28. The number of allylic oxidation sites excluding steroid dienone is 1. The van der Waals surface area contributed by atoms with E-state index >= 15 is 0 Å². The summed E-state index contributed by atoms with van der Waals surface area (Å²) in [6, 6.07) is 0. The standard InChI is InChI=1S/C12H21NO2/c1-9(2)10-6-7-13(8-10)11(14)15-12(3,4)5/h6-8H2,1-5H3. The fraction of sp³-hybridized carbons (Fsp3) is 0.750. The fourth-order valence-electron chi connectivity index (χ4n) is 1.55. The van der Waals surface area contributed by atoms with Crippen LogP contribution in [0.5, 0.6) is 0 Å². The molecular weight excluding hydrogens is 190 g/mol. The number of nitrogens with zero attached hydrogens (tertiary/aromatic N) is 1. The maximum atomic E-state index is 11.7. The van der Waals surface area contributed by atoms with Crippen LogP contribution in [0, 0.1) is 0 Å². The van der Waals surface area contributed by atoms with Crippen LogP contribution in [0.2, 0.25) is 0 Å². The van der Waals surface area contributed by atoms with Crippen molar-refractivity contribution >= 4 is 6.09 Å². The Morgan fingerprint density at radius 3 is 2.33 bits per heavy atom. The van der Waals surface area contributed by atoms with Crippen molar-refractivity contribution in [2.45, 2.75) is 46.6 Å². The zero-order chi connectivity index (χ0) is 11.6. The minimum Gasteiger partial charge on any atom is -0.444 e. The lowest BCUT2D eigenvalue weighted by atomic mass is 10.1. The van der Waals surface area contributed by atoms with E-state index in [9.17, 15) is 4.79 Å². The molecule has 0 aliphatic carbocycles. The van der Waals surface area contributed by atoms with E-state index in [1.165, 1.54) is 11.1 Å². The molecule has 1 aliphatic heterocycles. The van der Waals surface area contributed by atoms with Crippen molar-refractivity contribution in [2.75, 3.05) is 13.1 Å². The van der Waals surface area contributed by atoms with Gasteiger partial charge in [0.25, 0.3) is 0 Å². The Balaban J connectivity index is 2.55. The van der Waals surface area contributed by atoms with Crippen molar-refractivity contribution in [3.8, 4) is 0 Å². The first-order valence-electron chi connectivity index (χ1n) is 5.43. The normalized spacial score (nSPS) is 16.9. The van der Waals surface area contributed by atoms with Gasteiger partial charge < -0.3 is 9.64 Å². The summed E-state index contributed by atoms with van der Waals surface area (Å²) in [7, 11) is 0. The molecule has 0 aromatic heterocycles. The van der Waals surface area contributed by atoms with Crippen molar-refractivity contribution in [2.24, 2.45) is 0 Å². The zero-order valence-electron chi connectivity index (χ0n) is 10.4. The van der Waals surface area contributed by atoms with Crippen LogP contribution < -0.4 is 0 Å². The number of hydrogen-bond acceptors (Lipinski definition) is 2. The molecule has 1 rings (SSSR count). The van der Waals surface area contributed by atoms with Gasteiger partial charge in [-0.25, -0.2) is 4.79 Å². The Morgan fingerprint density at radius 1 is 1.33 bits per heavy atom. The second kappa shape index (κ2) is 4.25. The molecule has 15 heavy (non-hydrogen) atoms. The monoisotopic (exact) mass is 211 g/mol. The number of carbonyl (C=O) groups is 1. The summed E-state index contributed by atoms with van der Waals surface area (Å²) in [4.78, 5) is 13.5. The molecule has 3 heteroatoms. The van der Waals surface area contributed by atoms with Crippen molar-refractivity contribution in [3.05, 3.63) is 11.1 Å². The van der Waals surface area contributed by atoms with E-state index in [0.717, 1.165) is 19.5 Å². The molecule has 1 amide bonds. The van der Waals surface area contributed by atoms with Gasteiger partial charge in [0.2, 0.25) is 0 Å². The van der Waals surface area contributed by atoms with Gasteiger partial charge in [0.15, 0.2) is 0 Å². The lowest BCUT2D eigenvalue weighted by molar-refractivity contribution is 0.0299. The first-order chi connectivity index (χ1) is 6.79. The summed E-state index contributed by atoms with van der Waals surface area (Å²) < 4.78 is 5.31. The molecule has 3 nitrogen and oxygen atoms in total. The molecule has 0 bridgehead atoms. The van der Waals surface area contributed by atoms with Gasteiger partial charge in [0, 0.05) is 13.1 Å². The highest BCUT2D eigenvalue weighted by Gasteiger charge is 2.26. The molecule has 1 aliphatic rings. The highest BCUT2D eigenvalue weighted by atomic mass is 16.6. The number of rotatable bonds is 0. The quantitative estimate of drug-likeness (QED) is 0.576. The van der Waals surface area contributed by atoms with Gasteiger partial charge in [-0.2, -0.15) is 0 Å². The third kappa shape index (κ3) is 3.57. The molecule has 0 unspecified atom stereocenters. The van der Waals surface area contributed by atoms with Crippen LogP contribution >= 0.6 is 0 Å². The van der Waals surface area contributed by atoms with Gasteiger partial charge in [-0.1, -0.05) is 11.1 Å². The molecular formula is C12H21NO2. The number of carbonyl (C=O) groups excluding carboxylic acids is 1. The lowest BCUT2D eigenvalue weighted by Gasteiger charge is -2.24. The topological polar surface area (TPSA) is 29.5 Å². The minimum atomic E-state index is -0.398. The Morgan fingerprint density at radius 2 is 1.93 bits per heavy atom. The first kappa shape index (κ1) is 12.1. The van der Waals surface area contributed by atoms with Crippen molar-refractivity contribution < 1.29 is 9.53 Å². The Bertz CT molecular complexity index is 282. The van der Waals surface area contributed by atoms with E-state index in [-0.39, 0.29) is 6.09 Å². The van der Waals surface area contributed by atoms with E-state index in [1.807, 2.05) is 20.8 Å². The van der Waals surface area contributed by atoms with Crippen molar-refractivity contribution in [1.82, 2.24) is 4.90 Å². The Labute approximate surface area is 92.1 Å². The van der Waals surface area contributed by atoms with Crippen LogP contribution in [-0.4, -0.2) is 29.7 Å². The molecule has 0 aromatic rings. The van der Waals surface area contributed by atoms with Gasteiger partial charge in [0.05, 0.1) is 0 Å². The molecule has 0 aromatic carbocycles. The van der Waals surface area contributed by atoms with Crippen LogP contribution in [0.4, 0.5) is 4.79 Å². The van der Waals surface area contributed by atoms with E-state index in [2.05, 4.69) is 13.8 Å². The van der Waals surface area contributed by atoms with E-state index in [1.54, 1.807) is 4.90 Å². The third-order valence-corrected chi connectivity index (χ3v) is 2.42. The molecule has 1 heterocycles. The van der Waals surface area contributed by atoms with Crippen LogP contribution in [0.15, 0.2) is 11.1 Å². The highest BCUT2D eigenvalue weighted by molar-refractivity contribution is 5.69. The van der Waals surface area contributed by atoms with E-state index in [0.29, 0.717) is 0 Å². The molecule has 0 atom stereocenters. The van der Waals surface area contributed by atoms with Crippen molar-refractivity contribution in [3.63, 3.8) is 0 Å². The SMILES string of the molecule is CC(C)=C1CCN(C(=O)OC(C)(C)C)C1. The second-order valence-electron chi connectivity index (χ2n) is 5.26. The predicted molar refractivity (Wildman–Crippen MR) is 60.8 cm³/mol.